The lowest BCUT2D eigenvalue weighted by Crippen LogP contribution is -2.32. The van der Waals surface area contributed by atoms with Gasteiger partial charge in [-0.05, 0) is 42.9 Å². The van der Waals surface area contributed by atoms with E-state index in [0.29, 0.717) is 17.5 Å². The molecule has 7 heteroatoms. The smallest absolute Gasteiger partial charge is 0.267 e. The highest BCUT2D eigenvalue weighted by Crippen LogP contribution is 2.38. The van der Waals surface area contributed by atoms with Gasteiger partial charge in [-0.1, -0.05) is 52.0 Å². The second kappa shape index (κ2) is 7.44. The van der Waals surface area contributed by atoms with Gasteiger partial charge in [0.15, 0.2) is 5.16 Å². The molecule has 0 fully saturated rings. The molecule has 3 heterocycles. The number of ether oxygens (including phenoxy) is 1. The Hall–Kier alpha value is -1.41. The van der Waals surface area contributed by atoms with Crippen LogP contribution in [-0.4, -0.2) is 20.9 Å². The van der Waals surface area contributed by atoms with Crippen molar-refractivity contribution in [3.63, 3.8) is 0 Å². The molecule has 0 bridgehead atoms. The fourth-order valence-electron chi connectivity index (χ4n) is 3.34. The Bertz CT molecular complexity index is 1130. The molecular weight excluding hydrogens is 456 g/mol. The van der Waals surface area contributed by atoms with E-state index in [1.807, 2.05) is 31.2 Å². The summed E-state index contributed by atoms with van der Waals surface area (Å²) in [6, 6.07) is 7.99. The van der Waals surface area contributed by atoms with E-state index >= 15 is 0 Å². The van der Waals surface area contributed by atoms with Crippen LogP contribution in [0, 0.1) is 6.92 Å². The first kappa shape index (κ1) is 19.9. The molecule has 4 rings (SSSR count). The average molecular weight is 477 g/mol. The van der Waals surface area contributed by atoms with Gasteiger partial charge < -0.3 is 4.74 Å². The van der Waals surface area contributed by atoms with Crippen molar-refractivity contribution in [2.24, 2.45) is 0 Å². The fourth-order valence-corrected chi connectivity index (χ4v) is 5.59. The van der Waals surface area contributed by atoms with Crippen LogP contribution in [-0.2, 0) is 17.8 Å². The number of fused-ring (bicyclic) bond motifs is 3. The van der Waals surface area contributed by atoms with Crippen LogP contribution in [0.5, 0.6) is 0 Å². The number of hydrogen-bond donors (Lipinski definition) is 0. The van der Waals surface area contributed by atoms with Gasteiger partial charge in [-0.25, -0.2) is 4.98 Å². The molecule has 0 aliphatic carbocycles. The lowest BCUT2D eigenvalue weighted by molar-refractivity contribution is -0.0379. The molecule has 1 aliphatic heterocycles. The number of rotatable bonds is 4. The van der Waals surface area contributed by atoms with Crippen molar-refractivity contribution in [1.82, 2.24) is 9.55 Å². The summed E-state index contributed by atoms with van der Waals surface area (Å²) in [5.74, 6) is 0.644. The van der Waals surface area contributed by atoms with Crippen molar-refractivity contribution in [2.45, 2.75) is 44.6 Å². The maximum absolute atomic E-state index is 13.7. The zero-order chi connectivity index (χ0) is 20.1. The minimum atomic E-state index is -0.275. The van der Waals surface area contributed by atoms with E-state index < -0.39 is 0 Å². The van der Waals surface area contributed by atoms with Crippen LogP contribution >= 0.6 is 39.0 Å². The van der Waals surface area contributed by atoms with Gasteiger partial charge in [-0.15, -0.1) is 11.3 Å². The third-order valence-electron chi connectivity index (χ3n) is 4.72. The van der Waals surface area contributed by atoms with E-state index in [2.05, 4.69) is 36.4 Å². The van der Waals surface area contributed by atoms with Gasteiger partial charge in [0.1, 0.15) is 4.83 Å². The summed E-state index contributed by atoms with van der Waals surface area (Å²) in [6.07, 6.45) is 0.720. The highest BCUT2D eigenvalue weighted by Gasteiger charge is 2.31. The third kappa shape index (κ3) is 3.73. The molecule has 3 aromatic rings. The van der Waals surface area contributed by atoms with Crippen molar-refractivity contribution in [3.05, 3.63) is 61.7 Å². The van der Waals surface area contributed by atoms with Crippen LogP contribution in [0.3, 0.4) is 0 Å². The maximum atomic E-state index is 13.7. The molecule has 0 radical (unpaired) electrons. The first-order valence-corrected chi connectivity index (χ1v) is 11.6. The zero-order valence-electron chi connectivity index (χ0n) is 16.0. The van der Waals surface area contributed by atoms with Crippen LogP contribution in [0.2, 0.25) is 0 Å². The Balaban J connectivity index is 1.97. The number of halogens is 1. The molecule has 0 spiro atoms. The van der Waals surface area contributed by atoms with Crippen molar-refractivity contribution in [1.29, 1.82) is 0 Å². The first-order valence-electron chi connectivity index (χ1n) is 8.99. The molecule has 4 nitrogen and oxygen atoms in total. The summed E-state index contributed by atoms with van der Waals surface area (Å²) in [5.41, 5.74) is 2.80. The number of thiophene rings is 1. The van der Waals surface area contributed by atoms with Crippen LogP contribution in [0.15, 0.2) is 45.3 Å². The van der Waals surface area contributed by atoms with Gasteiger partial charge in [-0.3, -0.25) is 9.36 Å². The normalized spacial score (nSPS) is 15.6. The lowest BCUT2D eigenvalue weighted by atomic mass is 9.94. The number of thioether (sulfide) groups is 1. The van der Waals surface area contributed by atoms with Gasteiger partial charge in [0, 0.05) is 17.1 Å². The number of aryl methyl sites for hydroxylation is 1. The molecule has 0 amide bonds. The Kier molecular flexibility index (Phi) is 5.29. The Morgan fingerprint density at radius 3 is 2.79 bits per heavy atom. The highest BCUT2D eigenvalue weighted by atomic mass is 79.9. The van der Waals surface area contributed by atoms with Gasteiger partial charge in [0.25, 0.3) is 5.56 Å². The Morgan fingerprint density at radius 2 is 2.11 bits per heavy atom. The second-order valence-electron chi connectivity index (χ2n) is 7.59. The monoisotopic (exact) mass is 476 g/mol. The van der Waals surface area contributed by atoms with Crippen molar-refractivity contribution >= 4 is 49.2 Å². The summed E-state index contributed by atoms with van der Waals surface area (Å²) in [5, 5.41) is 1.42. The molecule has 2 aromatic heterocycles. The Labute approximate surface area is 180 Å². The maximum Gasteiger partial charge on any atom is 0.267 e. The largest absolute Gasteiger partial charge is 0.370 e. The molecule has 0 atom stereocenters. The van der Waals surface area contributed by atoms with E-state index in [0.717, 1.165) is 42.8 Å². The van der Waals surface area contributed by atoms with Crippen molar-refractivity contribution in [3.8, 4) is 5.69 Å². The number of hydrogen-bond acceptors (Lipinski definition) is 5. The van der Waals surface area contributed by atoms with Crippen LogP contribution in [0.1, 0.15) is 29.9 Å². The zero-order valence-corrected chi connectivity index (χ0v) is 19.3. The quantitative estimate of drug-likeness (QED) is 0.362. The number of aromatic nitrogens is 2. The molecule has 1 aromatic carbocycles. The molecule has 0 saturated carbocycles. The fraction of sp³-hybridized carbons (Fsp3) is 0.333. The summed E-state index contributed by atoms with van der Waals surface area (Å²) in [6.45, 7) is 10.6. The Morgan fingerprint density at radius 1 is 1.39 bits per heavy atom. The van der Waals surface area contributed by atoms with Crippen LogP contribution < -0.4 is 5.56 Å². The van der Waals surface area contributed by atoms with Crippen LogP contribution in [0.4, 0.5) is 0 Å². The standard InChI is InChI=1S/C21H21BrN2O2S2/c1-12-5-7-14(8-6-12)24-19(25)17-15-9-21(3,4)26-10-16(15)28-18(17)23-20(24)27-11-13(2)22/h5-8H,2,9-11H2,1,3-4H3. The first-order chi connectivity index (χ1) is 13.2. The van der Waals surface area contributed by atoms with Crippen LogP contribution in [0.25, 0.3) is 15.9 Å². The minimum absolute atomic E-state index is 0.00765. The predicted octanol–water partition coefficient (Wildman–Crippen LogP) is 5.61. The lowest BCUT2D eigenvalue weighted by Gasteiger charge is -2.29. The number of benzene rings is 1. The second-order valence-corrected chi connectivity index (χ2v) is 10.7. The molecule has 28 heavy (non-hydrogen) atoms. The van der Waals surface area contributed by atoms with E-state index in [4.69, 9.17) is 9.72 Å². The van der Waals surface area contributed by atoms with E-state index in [1.54, 1.807) is 15.9 Å². The molecule has 0 unspecified atom stereocenters. The van der Waals surface area contributed by atoms with Crippen molar-refractivity contribution in [2.75, 3.05) is 5.75 Å². The summed E-state index contributed by atoms with van der Waals surface area (Å²) in [7, 11) is 0. The van der Waals surface area contributed by atoms with Gasteiger partial charge in [0.2, 0.25) is 0 Å². The third-order valence-corrected chi connectivity index (χ3v) is 7.50. The SMILES string of the molecule is C=C(Br)CSc1nc2sc3c(c2c(=O)n1-c1ccc(C)cc1)CC(C)(C)OC3. The average Bonchev–Trinajstić information content (AvgIpc) is 2.97. The van der Waals surface area contributed by atoms with E-state index in [1.165, 1.54) is 11.8 Å². The topological polar surface area (TPSA) is 44.1 Å². The minimum Gasteiger partial charge on any atom is -0.370 e. The summed E-state index contributed by atoms with van der Waals surface area (Å²) < 4.78 is 8.55. The van der Waals surface area contributed by atoms with Gasteiger partial charge >= 0.3 is 0 Å². The predicted molar refractivity (Wildman–Crippen MR) is 121 cm³/mol. The highest BCUT2D eigenvalue weighted by molar-refractivity contribution is 9.11. The van der Waals surface area contributed by atoms with Gasteiger partial charge in [0.05, 0.1) is 23.3 Å². The molecule has 1 aliphatic rings. The molecule has 0 N–H and O–H groups in total. The molecule has 0 saturated heterocycles. The van der Waals surface area contributed by atoms with Gasteiger partial charge in [-0.2, -0.15) is 0 Å². The van der Waals surface area contributed by atoms with E-state index in [9.17, 15) is 4.79 Å². The summed E-state index contributed by atoms with van der Waals surface area (Å²) >= 11 is 6.49. The molecule has 146 valence electrons. The summed E-state index contributed by atoms with van der Waals surface area (Å²) in [4.78, 5) is 20.5. The number of nitrogens with zero attached hydrogens (tertiary/aromatic N) is 2. The van der Waals surface area contributed by atoms with E-state index in [-0.39, 0.29) is 11.2 Å². The molecular formula is C21H21BrN2O2S2. The van der Waals surface area contributed by atoms with Crippen molar-refractivity contribution < 1.29 is 4.74 Å².